The Balaban J connectivity index is 0.00000300. The van der Waals surface area contributed by atoms with Crippen LogP contribution in [0, 0.1) is 6.92 Å². The van der Waals surface area contributed by atoms with E-state index in [4.69, 9.17) is 4.42 Å². The number of para-hydroxylation sites is 1. The number of furan rings is 1. The van der Waals surface area contributed by atoms with Gasteiger partial charge in [0.2, 0.25) is 10.0 Å². The van der Waals surface area contributed by atoms with Crippen LogP contribution in [0.25, 0.3) is 11.0 Å². The van der Waals surface area contributed by atoms with Crippen LogP contribution in [-0.2, 0) is 16.6 Å². The van der Waals surface area contributed by atoms with Crippen LogP contribution in [-0.4, -0.2) is 62.1 Å². The van der Waals surface area contributed by atoms with Crippen molar-refractivity contribution in [2.24, 2.45) is 4.99 Å². The summed E-state index contributed by atoms with van der Waals surface area (Å²) in [5, 5.41) is 7.38. The molecule has 162 valence electrons. The standard InChI is InChI=1S/C19H28N4O3S2.HI/c1-3-20-19(21-8-13-28(24,25)23-9-11-27-12-10-23)22-14-18-15(2)16-6-4-5-7-17(16)26-18;/h4-7H,3,8-14H2,1-2H3,(H2,20,21,22);1H. The van der Waals surface area contributed by atoms with E-state index in [2.05, 4.69) is 15.6 Å². The van der Waals surface area contributed by atoms with E-state index >= 15 is 0 Å². The van der Waals surface area contributed by atoms with Crippen molar-refractivity contribution < 1.29 is 12.8 Å². The first-order valence-corrected chi connectivity index (χ1v) is 12.3. The highest BCUT2D eigenvalue weighted by Crippen LogP contribution is 2.25. The van der Waals surface area contributed by atoms with Crippen LogP contribution in [0.1, 0.15) is 18.2 Å². The van der Waals surface area contributed by atoms with Gasteiger partial charge in [-0.1, -0.05) is 18.2 Å². The monoisotopic (exact) mass is 552 g/mol. The molecule has 0 radical (unpaired) electrons. The molecule has 1 aromatic carbocycles. The third-order valence-corrected chi connectivity index (χ3v) is 7.50. The van der Waals surface area contributed by atoms with Crippen molar-refractivity contribution in [3.05, 3.63) is 35.6 Å². The summed E-state index contributed by atoms with van der Waals surface area (Å²) in [5.41, 5.74) is 1.94. The average Bonchev–Trinajstić information content (AvgIpc) is 3.03. The number of halogens is 1. The molecule has 2 aromatic rings. The lowest BCUT2D eigenvalue weighted by Gasteiger charge is -2.25. The first kappa shape index (κ1) is 24.3. The molecular formula is C19H29IN4O3S2. The maximum atomic E-state index is 12.4. The number of sulfonamides is 1. The van der Waals surface area contributed by atoms with Crippen molar-refractivity contribution in [2.45, 2.75) is 20.4 Å². The van der Waals surface area contributed by atoms with Gasteiger partial charge in [0.05, 0.1) is 5.75 Å². The molecule has 0 aliphatic carbocycles. The Hall–Kier alpha value is -0.980. The van der Waals surface area contributed by atoms with E-state index < -0.39 is 10.0 Å². The Morgan fingerprint density at radius 1 is 1.24 bits per heavy atom. The molecule has 0 bridgehead atoms. The predicted octanol–water partition coefficient (Wildman–Crippen LogP) is 2.79. The Bertz CT molecular complexity index is 925. The molecule has 1 aliphatic heterocycles. The van der Waals surface area contributed by atoms with E-state index in [0.717, 1.165) is 33.8 Å². The number of fused-ring (bicyclic) bond motifs is 1. The molecular weight excluding hydrogens is 523 g/mol. The van der Waals surface area contributed by atoms with E-state index in [9.17, 15) is 8.42 Å². The minimum absolute atomic E-state index is 0. The maximum Gasteiger partial charge on any atom is 0.215 e. The highest BCUT2D eigenvalue weighted by atomic mass is 127. The summed E-state index contributed by atoms with van der Waals surface area (Å²) >= 11 is 1.80. The van der Waals surface area contributed by atoms with E-state index in [0.29, 0.717) is 38.7 Å². The van der Waals surface area contributed by atoms with Gasteiger partial charge in [-0.25, -0.2) is 17.7 Å². The Kier molecular flexibility index (Phi) is 9.57. The largest absolute Gasteiger partial charge is 0.459 e. The van der Waals surface area contributed by atoms with E-state index in [1.807, 2.05) is 38.1 Å². The number of rotatable bonds is 7. The fourth-order valence-electron chi connectivity index (χ4n) is 3.12. The molecule has 0 unspecified atom stereocenters. The minimum Gasteiger partial charge on any atom is -0.459 e. The van der Waals surface area contributed by atoms with Crippen LogP contribution in [0.15, 0.2) is 33.7 Å². The quantitative estimate of drug-likeness (QED) is 0.312. The first-order chi connectivity index (χ1) is 13.5. The molecule has 1 aliphatic rings. The van der Waals surface area contributed by atoms with Gasteiger partial charge < -0.3 is 15.1 Å². The topological polar surface area (TPSA) is 86.9 Å². The number of nitrogens with zero attached hydrogens (tertiary/aromatic N) is 2. The Labute approximate surface area is 194 Å². The molecule has 0 atom stereocenters. The first-order valence-electron chi connectivity index (χ1n) is 9.56. The van der Waals surface area contributed by atoms with E-state index in [-0.39, 0.29) is 29.7 Å². The maximum absolute atomic E-state index is 12.4. The van der Waals surface area contributed by atoms with Crippen molar-refractivity contribution in [1.82, 2.24) is 14.9 Å². The van der Waals surface area contributed by atoms with Crippen LogP contribution >= 0.6 is 35.7 Å². The van der Waals surface area contributed by atoms with Gasteiger partial charge >= 0.3 is 0 Å². The lowest BCUT2D eigenvalue weighted by molar-refractivity contribution is 0.443. The molecule has 0 saturated carbocycles. The van der Waals surface area contributed by atoms with Crippen LogP contribution < -0.4 is 10.6 Å². The number of aliphatic imine (C=N–C) groups is 1. The molecule has 1 aromatic heterocycles. The highest BCUT2D eigenvalue weighted by molar-refractivity contribution is 14.0. The summed E-state index contributed by atoms with van der Waals surface area (Å²) in [6, 6.07) is 7.92. The Morgan fingerprint density at radius 3 is 2.66 bits per heavy atom. The molecule has 0 spiro atoms. The van der Waals surface area contributed by atoms with Gasteiger partial charge in [-0.15, -0.1) is 24.0 Å². The molecule has 1 saturated heterocycles. The van der Waals surface area contributed by atoms with Crippen molar-refractivity contribution in [3.8, 4) is 0 Å². The van der Waals surface area contributed by atoms with Crippen molar-refractivity contribution in [1.29, 1.82) is 0 Å². The number of thioether (sulfide) groups is 1. The summed E-state index contributed by atoms with van der Waals surface area (Å²) in [7, 11) is -3.23. The second kappa shape index (κ2) is 11.4. The molecule has 29 heavy (non-hydrogen) atoms. The molecule has 7 nitrogen and oxygen atoms in total. The van der Waals surface area contributed by atoms with Crippen LogP contribution in [0.3, 0.4) is 0 Å². The average molecular weight is 553 g/mol. The number of benzene rings is 1. The van der Waals surface area contributed by atoms with Crippen molar-refractivity contribution in [3.63, 3.8) is 0 Å². The van der Waals surface area contributed by atoms with Crippen LogP contribution in [0.5, 0.6) is 0 Å². The SMILES string of the molecule is CCNC(=NCc1oc2ccccc2c1C)NCCS(=O)(=O)N1CCSCC1.I. The number of aryl methyl sites for hydroxylation is 1. The molecule has 2 heterocycles. The molecule has 1 fully saturated rings. The zero-order valence-electron chi connectivity index (χ0n) is 16.8. The molecule has 3 rings (SSSR count). The highest BCUT2D eigenvalue weighted by Gasteiger charge is 2.23. The summed E-state index contributed by atoms with van der Waals surface area (Å²) in [6.45, 7) is 6.62. The summed E-state index contributed by atoms with van der Waals surface area (Å²) in [4.78, 5) is 4.56. The fraction of sp³-hybridized carbons (Fsp3) is 0.526. The van der Waals surface area contributed by atoms with Gasteiger partial charge in [-0.05, 0) is 19.9 Å². The van der Waals surface area contributed by atoms with Gasteiger partial charge in [0, 0.05) is 48.6 Å². The van der Waals surface area contributed by atoms with E-state index in [1.54, 1.807) is 16.1 Å². The second-order valence-electron chi connectivity index (χ2n) is 6.60. The fourth-order valence-corrected chi connectivity index (χ4v) is 5.61. The van der Waals surface area contributed by atoms with Crippen molar-refractivity contribution in [2.75, 3.05) is 43.4 Å². The number of nitrogens with one attached hydrogen (secondary N) is 2. The number of hydrogen-bond acceptors (Lipinski definition) is 5. The van der Waals surface area contributed by atoms with Gasteiger partial charge in [0.1, 0.15) is 17.9 Å². The predicted molar refractivity (Wildman–Crippen MR) is 132 cm³/mol. The van der Waals surface area contributed by atoms with Gasteiger partial charge in [-0.3, -0.25) is 0 Å². The zero-order chi connectivity index (χ0) is 20.0. The third kappa shape index (κ3) is 6.50. The van der Waals surface area contributed by atoms with Gasteiger partial charge in [-0.2, -0.15) is 11.8 Å². The van der Waals surface area contributed by atoms with Crippen molar-refractivity contribution >= 4 is 62.7 Å². The van der Waals surface area contributed by atoms with Gasteiger partial charge in [0.25, 0.3) is 0 Å². The summed E-state index contributed by atoms with van der Waals surface area (Å²) in [6.07, 6.45) is 0. The minimum atomic E-state index is -3.23. The summed E-state index contributed by atoms with van der Waals surface area (Å²) < 4.78 is 32.4. The number of hydrogen-bond donors (Lipinski definition) is 2. The van der Waals surface area contributed by atoms with Crippen LogP contribution in [0.4, 0.5) is 0 Å². The number of guanidine groups is 1. The lowest BCUT2D eigenvalue weighted by atomic mass is 10.1. The third-order valence-electron chi connectivity index (χ3n) is 4.68. The molecule has 0 amide bonds. The Morgan fingerprint density at radius 2 is 1.97 bits per heavy atom. The van der Waals surface area contributed by atoms with Gasteiger partial charge in [0.15, 0.2) is 5.96 Å². The zero-order valence-corrected chi connectivity index (χ0v) is 20.8. The smallest absolute Gasteiger partial charge is 0.215 e. The normalized spacial score (nSPS) is 15.9. The van der Waals surface area contributed by atoms with Crippen LogP contribution in [0.2, 0.25) is 0 Å². The molecule has 10 heteroatoms. The lowest BCUT2D eigenvalue weighted by Crippen LogP contribution is -2.44. The summed E-state index contributed by atoms with van der Waals surface area (Å²) in [5.74, 6) is 3.20. The second-order valence-corrected chi connectivity index (χ2v) is 9.91. The molecule has 2 N–H and O–H groups in total. The van der Waals surface area contributed by atoms with E-state index in [1.165, 1.54) is 0 Å².